The van der Waals surface area contributed by atoms with Gasteiger partial charge < -0.3 is 19.6 Å². The number of halogens is 1. The number of carbonyl (C=O) groups is 1. The molecule has 0 fully saturated rings. The van der Waals surface area contributed by atoms with E-state index in [1.807, 2.05) is 6.92 Å². The first kappa shape index (κ1) is 15.8. The average Bonchev–Trinajstić information content (AvgIpc) is 2.77. The molecule has 1 aromatic carbocycles. The van der Waals surface area contributed by atoms with Gasteiger partial charge in [-0.1, -0.05) is 11.6 Å². The maximum atomic E-state index is 12.3. The van der Waals surface area contributed by atoms with Crippen LogP contribution in [0.2, 0.25) is 5.02 Å². The van der Waals surface area contributed by atoms with Crippen LogP contribution in [0.1, 0.15) is 22.5 Å². The van der Waals surface area contributed by atoms with Gasteiger partial charge in [0.05, 0.1) is 12.6 Å². The summed E-state index contributed by atoms with van der Waals surface area (Å²) in [5.41, 5.74) is 1.36. The summed E-state index contributed by atoms with van der Waals surface area (Å²) in [5.74, 6) is -0.0679. The first-order valence-corrected chi connectivity index (χ1v) is 7.04. The van der Waals surface area contributed by atoms with Crippen molar-refractivity contribution >= 4 is 28.5 Å². The van der Waals surface area contributed by atoms with Gasteiger partial charge in [-0.3, -0.25) is 4.79 Å². The normalized spacial score (nSPS) is 12.6. The summed E-state index contributed by atoms with van der Waals surface area (Å²) in [6.45, 7) is 2.12. The van der Waals surface area contributed by atoms with Crippen molar-refractivity contribution in [3.8, 4) is 0 Å². The number of aliphatic hydroxyl groups is 1. The van der Waals surface area contributed by atoms with Crippen LogP contribution in [0.15, 0.2) is 22.6 Å². The third kappa shape index (κ3) is 3.56. The number of benzene rings is 1. The second-order valence-corrected chi connectivity index (χ2v) is 5.27. The highest BCUT2D eigenvalue weighted by Gasteiger charge is 2.20. The molecule has 114 valence electrons. The summed E-state index contributed by atoms with van der Waals surface area (Å²) in [5, 5.41) is 13.2. The highest BCUT2D eigenvalue weighted by Crippen LogP contribution is 2.27. The molecule has 0 bridgehead atoms. The number of rotatable bonds is 6. The van der Waals surface area contributed by atoms with Crippen molar-refractivity contribution in [2.75, 3.05) is 20.3 Å². The van der Waals surface area contributed by atoms with E-state index in [-0.39, 0.29) is 24.3 Å². The van der Waals surface area contributed by atoms with Crippen molar-refractivity contribution in [1.29, 1.82) is 0 Å². The van der Waals surface area contributed by atoms with Gasteiger partial charge in [0, 0.05) is 29.7 Å². The number of fused-ring (bicyclic) bond motifs is 1. The highest BCUT2D eigenvalue weighted by atomic mass is 35.5. The average molecular weight is 312 g/mol. The SMILES string of the molecule is COCC(CCO)NC(=O)c1oc2ccc(Cl)cc2c1C. The molecule has 1 atom stereocenters. The van der Waals surface area contributed by atoms with E-state index in [1.165, 1.54) is 0 Å². The van der Waals surface area contributed by atoms with E-state index in [2.05, 4.69) is 5.32 Å². The van der Waals surface area contributed by atoms with Gasteiger partial charge in [-0.15, -0.1) is 0 Å². The third-order valence-electron chi connectivity index (χ3n) is 3.29. The Morgan fingerprint density at radius 2 is 2.29 bits per heavy atom. The number of methoxy groups -OCH3 is 1. The third-order valence-corrected chi connectivity index (χ3v) is 3.52. The number of carbonyl (C=O) groups excluding carboxylic acids is 1. The van der Waals surface area contributed by atoms with Crippen molar-refractivity contribution < 1.29 is 19.1 Å². The number of nitrogens with one attached hydrogen (secondary N) is 1. The minimum Gasteiger partial charge on any atom is -0.451 e. The Labute approximate surface area is 127 Å². The van der Waals surface area contributed by atoms with Gasteiger partial charge in [0.15, 0.2) is 5.76 Å². The Kier molecular flexibility index (Phi) is 5.22. The van der Waals surface area contributed by atoms with Gasteiger partial charge in [0.2, 0.25) is 0 Å². The summed E-state index contributed by atoms with van der Waals surface area (Å²) in [6.07, 6.45) is 0.421. The Balaban J connectivity index is 2.24. The lowest BCUT2D eigenvalue weighted by molar-refractivity contribution is 0.0853. The van der Waals surface area contributed by atoms with E-state index in [9.17, 15) is 4.79 Å². The smallest absolute Gasteiger partial charge is 0.287 e. The molecule has 6 heteroatoms. The van der Waals surface area contributed by atoms with Crippen LogP contribution in [0.4, 0.5) is 0 Å². The maximum absolute atomic E-state index is 12.3. The van der Waals surface area contributed by atoms with Crippen LogP contribution >= 0.6 is 11.6 Å². The van der Waals surface area contributed by atoms with Crippen molar-refractivity contribution in [2.24, 2.45) is 0 Å². The van der Waals surface area contributed by atoms with E-state index in [0.29, 0.717) is 23.6 Å². The lowest BCUT2D eigenvalue weighted by atomic mass is 10.1. The van der Waals surface area contributed by atoms with Crippen molar-refractivity contribution in [2.45, 2.75) is 19.4 Å². The van der Waals surface area contributed by atoms with E-state index < -0.39 is 0 Å². The molecule has 0 aliphatic rings. The Bertz CT molecular complexity index is 632. The number of aryl methyl sites for hydroxylation is 1. The van der Waals surface area contributed by atoms with Crippen LogP contribution in [0, 0.1) is 6.92 Å². The summed E-state index contributed by atoms with van der Waals surface area (Å²) < 4.78 is 10.6. The number of hydrogen-bond donors (Lipinski definition) is 2. The Hall–Kier alpha value is -1.56. The molecule has 1 aromatic heterocycles. The standard InChI is InChI=1S/C15H18ClNO4/c1-9-12-7-10(16)3-4-13(12)21-14(9)15(19)17-11(5-6-18)8-20-2/h3-4,7,11,18H,5-6,8H2,1-2H3,(H,17,19). The number of aliphatic hydroxyl groups excluding tert-OH is 1. The number of amides is 1. The predicted octanol–water partition coefficient (Wildman–Crippen LogP) is 2.52. The zero-order chi connectivity index (χ0) is 15.4. The van der Waals surface area contributed by atoms with Gasteiger partial charge in [-0.25, -0.2) is 0 Å². The molecule has 21 heavy (non-hydrogen) atoms. The summed E-state index contributed by atoms with van der Waals surface area (Å²) in [6, 6.07) is 4.96. The molecule has 2 aromatic rings. The molecule has 0 saturated carbocycles. The van der Waals surface area contributed by atoms with Crippen LogP contribution in [-0.2, 0) is 4.74 Å². The van der Waals surface area contributed by atoms with Crippen LogP contribution in [-0.4, -0.2) is 37.4 Å². The topological polar surface area (TPSA) is 71.7 Å². The molecule has 1 amide bonds. The summed E-state index contributed by atoms with van der Waals surface area (Å²) in [7, 11) is 1.55. The molecular weight excluding hydrogens is 294 g/mol. The summed E-state index contributed by atoms with van der Waals surface area (Å²) in [4.78, 5) is 12.3. The van der Waals surface area contributed by atoms with E-state index in [0.717, 1.165) is 10.9 Å². The molecule has 1 heterocycles. The molecule has 5 nitrogen and oxygen atoms in total. The fraction of sp³-hybridized carbons (Fsp3) is 0.400. The molecule has 2 rings (SSSR count). The second-order valence-electron chi connectivity index (χ2n) is 4.83. The fourth-order valence-corrected chi connectivity index (χ4v) is 2.39. The lowest BCUT2D eigenvalue weighted by Gasteiger charge is -2.16. The van der Waals surface area contributed by atoms with Crippen LogP contribution < -0.4 is 5.32 Å². The first-order chi connectivity index (χ1) is 10.1. The number of furan rings is 1. The molecular formula is C15H18ClNO4. The monoisotopic (exact) mass is 311 g/mol. The summed E-state index contributed by atoms with van der Waals surface area (Å²) >= 11 is 5.96. The Morgan fingerprint density at radius 1 is 1.52 bits per heavy atom. The van der Waals surface area contributed by atoms with Crippen molar-refractivity contribution in [3.05, 3.63) is 34.5 Å². The predicted molar refractivity (Wildman–Crippen MR) is 80.8 cm³/mol. The van der Waals surface area contributed by atoms with Gasteiger partial charge >= 0.3 is 0 Å². The minimum atomic E-state index is -0.324. The number of hydrogen-bond acceptors (Lipinski definition) is 4. The van der Waals surface area contributed by atoms with Crippen LogP contribution in [0.5, 0.6) is 0 Å². The van der Waals surface area contributed by atoms with E-state index >= 15 is 0 Å². The molecule has 1 unspecified atom stereocenters. The molecule has 0 spiro atoms. The van der Waals surface area contributed by atoms with E-state index in [1.54, 1.807) is 25.3 Å². The lowest BCUT2D eigenvalue weighted by Crippen LogP contribution is -2.38. The minimum absolute atomic E-state index is 0.0248. The van der Waals surface area contributed by atoms with Gasteiger partial charge in [-0.05, 0) is 31.5 Å². The second kappa shape index (κ2) is 6.93. The van der Waals surface area contributed by atoms with E-state index in [4.69, 9.17) is 25.9 Å². The Morgan fingerprint density at radius 3 is 2.95 bits per heavy atom. The number of ether oxygens (including phenoxy) is 1. The van der Waals surface area contributed by atoms with Gasteiger partial charge in [-0.2, -0.15) is 0 Å². The molecule has 0 saturated heterocycles. The maximum Gasteiger partial charge on any atom is 0.287 e. The van der Waals surface area contributed by atoms with Gasteiger partial charge in [0.1, 0.15) is 5.58 Å². The zero-order valence-electron chi connectivity index (χ0n) is 12.0. The molecule has 0 aliphatic carbocycles. The highest BCUT2D eigenvalue weighted by molar-refractivity contribution is 6.31. The largest absolute Gasteiger partial charge is 0.451 e. The molecule has 2 N–H and O–H groups in total. The van der Waals surface area contributed by atoms with Crippen molar-refractivity contribution in [1.82, 2.24) is 5.32 Å². The molecule has 0 radical (unpaired) electrons. The molecule has 0 aliphatic heterocycles. The first-order valence-electron chi connectivity index (χ1n) is 6.66. The van der Waals surface area contributed by atoms with Crippen molar-refractivity contribution in [3.63, 3.8) is 0 Å². The zero-order valence-corrected chi connectivity index (χ0v) is 12.7. The van der Waals surface area contributed by atoms with Crippen LogP contribution in [0.3, 0.4) is 0 Å². The fourth-order valence-electron chi connectivity index (χ4n) is 2.21. The van der Waals surface area contributed by atoms with Crippen LogP contribution in [0.25, 0.3) is 11.0 Å². The van der Waals surface area contributed by atoms with Gasteiger partial charge in [0.25, 0.3) is 5.91 Å². The quantitative estimate of drug-likeness (QED) is 0.860.